The molecule has 0 spiro atoms. The highest BCUT2D eigenvalue weighted by Crippen LogP contribution is 2.55. The van der Waals surface area contributed by atoms with Crippen LogP contribution in [-0.2, 0) is 4.74 Å². The van der Waals surface area contributed by atoms with Crippen LogP contribution in [0.1, 0.15) is 83.6 Å². The minimum absolute atomic E-state index is 0.0232. The Labute approximate surface area is 280 Å². The van der Waals surface area contributed by atoms with Crippen molar-refractivity contribution in [3.05, 3.63) is 34.7 Å². The second kappa shape index (κ2) is 12.5. The topological polar surface area (TPSA) is 113 Å². The van der Waals surface area contributed by atoms with Crippen molar-refractivity contribution in [1.29, 1.82) is 0 Å². The van der Waals surface area contributed by atoms with Gasteiger partial charge in [0.2, 0.25) is 0 Å². The van der Waals surface area contributed by atoms with Gasteiger partial charge in [0.05, 0.1) is 23.1 Å². The zero-order valence-electron chi connectivity index (χ0n) is 27.5. The highest BCUT2D eigenvalue weighted by Gasteiger charge is 2.45. The molecule has 47 heavy (non-hydrogen) atoms. The van der Waals surface area contributed by atoms with Crippen LogP contribution < -0.4 is 15.0 Å². The van der Waals surface area contributed by atoms with Crippen molar-refractivity contribution in [1.82, 2.24) is 25.2 Å². The summed E-state index contributed by atoms with van der Waals surface area (Å²) in [7, 11) is 0. The van der Waals surface area contributed by atoms with Crippen LogP contribution in [0.15, 0.2) is 18.3 Å². The Morgan fingerprint density at radius 1 is 1.15 bits per heavy atom. The number of amides is 1. The molecule has 3 atom stereocenters. The summed E-state index contributed by atoms with van der Waals surface area (Å²) in [6.07, 6.45) is 8.57. The Morgan fingerprint density at radius 3 is 2.70 bits per heavy atom. The molecule has 0 radical (unpaired) electrons. The number of nitrogens with zero attached hydrogens (tertiary/aromatic N) is 5. The van der Waals surface area contributed by atoms with Gasteiger partial charge in [0.1, 0.15) is 29.4 Å². The summed E-state index contributed by atoms with van der Waals surface area (Å²) in [6.45, 7) is 9.95. The number of anilines is 1. The van der Waals surface area contributed by atoms with E-state index < -0.39 is 17.4 Å². The summed E-state index contributed by atoms with van der Waals surface area (Å²) >= 11 is 6.71. The van der Waals surface area contributed by atoms with Crippen molar-refractivity contribution >= 4 is 34.4 Å². The van der Waals surface area contributed by atoms with E-state index in [0.717, 1.165) is 63.6 Å². The quantitative estimate of drug-likeness (QED) is 0.311. The Balaban J connectivity index is 0.00000172. The molecule has 12 heteroatoms. The van der Waals surface area contributed by atoms with Crippen molar-refractivity contribution in [2.24, 2.45) is 5.92 Å². The fraction of sp³-hybridized carbons (Fsp3) is 0.600. The highest BCUT2D eigenvalue weighted by molar-refractivity contribution is 6.32. The van der Waals surface area contributed by atoms with E-state index in [2.05, 4.69) is 25.1 Å². The zero-order valence-corrected chi connectivity index (χ0v) is 28.2. The van der Waals surface area contributed by atoms with Gasteiger partial charge in [0.15, 0.2) is 5.82 Å². The van der Waals surface area contributed by atoms with Crippen molar-refractivity contribution in [2.75, 3.05) is 44.3 Å². The molecule has 6 bridgehead atoms. The number of benzene rings is 1. The lowest BCUT2D eigenvalue weighted by atomic mass is 9.91. The highest BCUT2D eigenvalue weighted by atomic mass is 35.5. The van der Waals surface area contributed by atoms with Gasteiger partial charge in [0.25, 0.3) is 0 Å². The molecule has 9 rings (SSSR count). The molecule has 10 nitrogen and oxygen atoms in total. The van der Waals surface area contributed by atoms with Crippen molar-refractivity contribution in [2.45, 2.75) is 89.1 Å². The first-order chi connectivity index (χ1) is 22.7. The molecule has 1 saturated carbocycles. The van der Waals surface area contributed by atoms with Gasteiger partial charge in [-0.3, -0.25) is 9.88 Å². The smallest absolute Gasteiger partial charge is 0.407 e. The standard InChI is InChI=1S/C33H38ClFN6O4.C2H6/c1-32-6-2-9-40(17-32)29-23-16-36-27(22-14-20(42)15-24(34)25(22)21-13-19(21)5-12-44-31(43)39-32)26(35)28(23)37-30(38-29)45-18-33-7-3-10-41(33)11-4-8-33;1-2/h14-16,19,21,42H,2-13,17-18H2,1H3,(H,39,43);1-2H3/t19?,21?,32-;/m1./s1. The van der Waals surface area contributed by atoms with E-state index in [1.165, 1.54) is 12.1 Å². The van der Waals surface area contributed by atoms with Crippen LogP contribution in [-0.4, -0.2) is 81.5 Å². The van der Waals surface area contributed by atoms with Gasteiger partial charge in [-0.1, -0.05) is 25.4 Å². The largest absolute Gasteiger partial charge is 0.508 e. The summed E-state index contributed by atoms with van der Waals surface area (Å²) in [4.78, 5) is 31.7. The van der Waals surface area contributed by atoms with E-state index >= 15 is 4.39 Å². The van der Waals surface area contributed by atoms with E-state index in [4.69, 9.17) is 26.1 Å². The van der Waals surface area contributed by atoms with Crippen LogP contribution >= 0.6 is 11.6 Å². The van der Waals surface area contributed by atoms with Crippen LogP contribution in [0.4, 0.5) is 15.0 Å². The van der Waals surface area contributed by atoms with E-state index in [1.54, 1.807) is 6.20 Å². The number of phenolic OH excluding ortho intramolecular Hbond substituents is 1. The maximum atomic E-state index is 16.9. The number of ether oxygens (including phenoxy) is 2. The lowest BCUT2D eigenvalue weighted by Crippen LogP contribution is -2.57. The maximum absolute atomic E-state index is 16.9. The van der Waals surface area contributed by atoms with E-state index in [1.807, 2.05) is 20.8 Å². The van der Waals surface area contributed by atoms with E-state index in [-0.39, 0.29) is 47.0 Å². The predicted molar refractivity (Wildman–Crippen MR) is 179 cm³/mol. The second-order valence-corrected chi connectivity index (χ2v) is 14.3. The van der Waals surface area contributed by atoms with Gasteiger partial charge < -0.3 is 24.8 Å². The van der Waals surface area contributed by atoms with Gasteiger partial charge >= 0.3 is 12.1 Å². The van der Waals surface area contributed by atoms with Gasteiger partial charge in [-0.05, 0) is 101 Å². The lowest BCUT2D eigenvalue weighted by molar-refractivity contribution is 0.107. The molecule has 5 aliphatic heterocycles. The number of fused-ring (bicyclic) bond motifs is 6. The summed E-state index contributed by atoms with van der Waals surface area (Å²) in [5.74, 6) is 0.0677. The van der Waals surface area contributed by atoms with Crippen LogP contribution in [0.5, 0.6) is 11.8 Å². The average molecular weight is 667 g/mol. The number of aromatic hydroxyl groups is 1. The number of phenols is 1. The molecule has 3 saturated heterocycles. The number of piperidine rings is 1. The van der Waals surface area contributed by atoms with Crippen molar-refractivity contribution in [3.63, 3.8) is 0 Å². The summed E-state index contributed by atoms with van der Waals surface area (Å²) in [5, 5.41) is 14.4. The zero-order chi connectivity index (χ0) is 32.9. The van der Waals surface area contributed by atoms with E-state index in [9.17, 15) is 9.90 Å². The molecule has 2 aromatic heterocycles. The number of carbonyl (C=O) groups excluding carboxylic acids is 1. The number of hydrogen-bond donors (Lipinski definition) is 2. The molecule has 1 amide bonds. The molecule has 252 valence electrons. The summed E-state index contributed by atoms with van der Waals surface area (Å²) in [6, 6.07) is 3.13. The molecular formula is C35H44ClFN6O4. The van der Waals surface area contributed by atoms with Crippen LogP contribution in [0, 0.1) is 11.7 Å². The van der Waals surface area contributed by atoms with Gasteiger partial charge in [-0.2, -0.15) is 9.97 Å². The van der Waals surface area contributed by atoms with Gasteiger partial charge in [-0.25, -0.2) is 9.18 Å². The normalized spacial score (nSPS) is 26.4. The number of rotatable bonds is 3. The number of pyridine rings is 1. The molecule has 3 aromatic rings. The number of nitrogens with one attached hydrogen (secondary N) is 1. The van der Waals surface area contributed by atoms with Gasteiger partial charge in [-0.15, -0.1) is 0 Å². The van der Waals surface area contributed by atoms with Crippen LogP contribution in [0.3, 0.4) is 0 Å². The molecular weight excluding hydrogens is 623 g/mol. The third-order valence-corrected chi connectivity index (χ3v) is 11.0. The SMILES string of the molecule is CC.C[C@@]12CCCN(C1)c1nc(OCC34CCCN3CCC4)nc3c(F)c(ncc13)-c1cc(O)cc(Cl)c1C1CC1CCOC(=O)N2. The molecule has 1 aromatic carbocycles. The predicted octanol–water partition coefficient (Wildman–Crippen LogP) is 6.82. The third-order valence-electron chi connectivity index (χ3n) is 10.7. The van der Waals surface area contributed by atoms with Gasteiger partial charge in [0, 0.05) is 29.9 Å². The first-order valence-corrected chi connectivity index (χ1v) is 17.6. The minimum Gasteiger partial charge on any atom is -0.508 e. The molecule has 2 N–H and O–H groups in total. The molecule has 7 heterocycles. The number of hydrogen-bond acceptors (Lipinski definition) is 9. The third kappa shape index (κ3) is 5.94. The monoisotopic (exact) mass is 666 g/mol. The number of halogens is 2. The first-order valence-electron chi connectivity index (χ1n) is 17.2. The number of aromatic nitrogens is 3. The Hall–Kier alpha value is -3.44. The Morgan fingerprint density at radius 2 is 1.91 bits per heavy atom. The number of alkyl carbamates (subject to hydrolysis) is 1. The Kier molecular flexibility index (Phi) is 8.57. The minimum atomic E-state index is -0.608. The van der Waals surface area contributed by atoms with Crippen molar-refractivity contribution in [3.8, 4) is 23.0 Å². The summed E-state index contributed by atoms with van der Waals surface area (Å²) in [5.41, 5.74) is 0.745. The van der Waals surface area contributed by atoms with Crippen LogP contribution in [0.2, 0.25) is 5.02 Å². The Bertz CT molecular complexity index is 1680. The fourth-order valence-electron chi connectivity index (χ4n) is 8.38. The second-order valence-electron chi connectivity index (χ2n) is 13.8. The van der Waals surface area contributed by atoms with Crippen molar-refractivity contribution < 1.29 is 23.8 Å². The molecule has 2 unspecified atom stereocenters. The van der Waals surface area contributed by atoms with Crippen LogP contribution in [0.25, 0.3) is 22.2 Å². The maximum Gasteiger partial charge on any atom is 0.407 e. The fourth-order valence-corrected chi connectivity index (χ4v) is 8.73. The summed E-state index contributed by atoms with van der Waals surface area (Å²) < 4.78 is 28.8. The molecule has 6 aliphatic rings. The lowest BCUT2D eigenvalue weighted by Gasteiger charge is -2.41. The molecule has 4 fully saturated rings. The number of carbonyl (C=O) groups is 1. The average Bonchev–Trinajstić information content (AvgIpc) is 3.49. The molecule has 1 aliphatic carbocycles. The first kappa shape index (κ1) is 32.1. The van der Waals surface area contributed by atoms with E-state index in [0.29, 0.717) is 47.9 Å².